The zero-order chi connectivity index (χ0) is 21.8. The van der Waals surface area contributed by atoms with Gasteiger partial charge in [-0.25, -0.2) is 9.69 Å². The number of urea groups is 1. The van der Waals surface area contributed by atoms with Gasteiger partial charge in [0.05, 0.1) is 0 Å². The molecule has 2 heterocycles. The van der Waals surface area contributed by atoms with E-state index in [1.54, 1.807) is 36.5 Å². The van der Waals surface area contributed by atoms with Crippen molar-refractivity contribution in [2.45, 2.75) is 19.4 Å². The Balaban J connectivity index is 1.53. The zero-order valence-corrected chi connectivity index (χ0v) is 17.6. The lowest BCUT2D eigenvalue weighted by atomic mass is 10.0. The Morgan fingerprint density at radius 3 is 2.84 bits per heavy atom. The number of carbonyl (C=O) groups is 2. The van der Waals surface area contributed by atoms with E-state index in [4.69, 9.17) is 9.47 Å². The lowest BCUT2D eigenvalue weighted by Gasteiger charge is -2.22. The number of nitriles is 1. The molecule has 0 bridgehead atoms. The number of ether oxygens (including phenoxy) is 2. The topological polar surface area (TPSA) is 104 Å². The maximum Gasteiger partial charge on any atom is 0.319 e. The van der Waals surface area contributed by atoms with Gasteiger partial charge < -0.3 is 20.1 Å². The van der Waals surface area contributed by atoms with Crippen LogP contribution in [0.2, 0.25) is 0 Å². The predicted molar refractivity (Wildman–Crippen MR) is 117 cm³/mol. The number of thiophene rings is 1. The molecule has 0 saturated heterocycles. The van der Waals surface area contributed by atoms with Crippen LogP contribution in [0.4, 0.5) is 10.5 Å². The van der Waals surface area contributed by atoms with Crippen molar-refractivity contribution in [1.82, 2.24) is 10.2 Å². The summed E-state index contributed by atoms with van der Waals surface area (Å²) < 4.78 is 11.7. The standard InChI is InChI=1S/C22H20N4O4S/c1-2-26(12-23)21(27)17(9-14-11-31-20-6-4-3-5-16(14)20)25-22(28)24-15-7-8-18-19(10-15)30-13-29-18/h3-8,10-11,17H,2,9,13H2,1H3,(H2,24,25,28). The van der Waals surface area contributed by atoms with Crippen LogP contribution < -0.4 is 20.1 Å². The highest BCUT2D eigenvalue weighted by molar-refractivity contribution is 7.17. The van der Waals surface area contributed by atoms with Crippen LogP contribution in [0.25, 0.3) is 10.1 Å². The molecule has 0 saturated carbocycles. The Morgan fingerprint density at radius 1 is 1.23 bits per heavy atom. The molecule has 9 heteroatoms. The second-order valence-electron chi connectivity index (χ2n) is 6.86. The molecule has 1 aliphatic rings. The average molecular weight is 436 g/mol. The molecule has 1 aliphatic heterocycles. The van der Waals surface area contributed by atoms with Gasteiger partial charge in [0.25, 0.3) is 5.91 Å². The van der Waals surface area contributed by atoms with Gasteiger partial charge >= 0.3 is 6.03 Å². The molecule has 2 aromatic carbocycles. The first-order valence-corrected chi connectivity index (χ1v) is 10.6. The van der Waals surface area contributed by atoms with E-state index in [1.807, 2.05) is 35.8 Å². The fourth-order valence-corrected chi connectivity index (χ4v) is 4.35. The van der Waals surface area contributed by atoms with E-state index in [9.17, 15) is 14.9 Å². The largest absolute Gasteiger partial charge is 0.454 e. The van der Waals surface area contributed by atoms with Gasteiger partial charge in [-0.1, -0.05) is 18.2 Å². The van der Waals surface area contributed by atoms with Crippen molar-refractivity contribution in [1.29, 1.82) is 5.26 Å². The van der Waals surface area contributed by atoms with Crippen LogP contribution in [-0.2, 0) is 11.2 Å². The SMILES string of the molecule is CCN(C#N)C(=O)C(Cc1csc2ccccc12)NC(=O)Nc1ccc2c(c1)OCO2. The highest BCUT2D eigenvalue weighted by Crippen LogP contribution is 2.34. The fourth-order valence-electron chi connectivity index (χ4n) is 3.37. The van der Waals surface area contributed by atoms with E-state index in [1.165, 1.54) is 0 Å². The minimum absolute atomic E-state index is 0.136. The highest BCUT2D eigenvalue weighted by Gasteiger charge is 2.27. The smallest absolute Gasteiger partial charge is 0.319 e. The first-order chi connectivity index (χ1) is 15.1. The summed E-state index contributed by atoms with van der Waals surface area (Å²) in [5.41, 5.74) is 1.44. The number of likely N-dealkylation sites (N-methyl/N-ethyl adjacent to an activating group) is 1. The van der Waals surface area contributed by atoms with E-state index in [0.29, 0.717) is 17.2 Å². The van der Waals surface area contributed by atoms with Crippen molar-refractivity contribution < 1.29 is 19.1 Å². The van der Waals surface area contributed by atoms with Gasteiger partial charge in [-0.2, -0.15) is 5.26 Å². The van der Waals surface area contributed by atoms with Crippen LogP contribution >= 0.6 is 11.3 Å². The monoisotopic (exact) mass is 436 g/mol. The summed E-state index contributed by atoms with van der Waals surface area (Å²) in [7, 11) is 0. The van der Waals surface area contributed by atoms with Crippen LogP contribution in [0.5, 0.6) is 11.5 Å². The van der Waals surface area contributed by atoms with Crippen molar-refractivity contribution in [2.24, 2.45) is 0 Å². The normalized spacial score (nSPS) is 12.8. The third-order valence-corrected chi connectivity index (χ3v) is 5.93. The molecule has 0 aliphatic carbocycles. The van der Waals surface area contributed by atoms with E-state index < -0.39 is 18.0 Å². The van der Waals surface area contributed by atoms with Gasteiger partial charge in [0.15, 0.2) is 17.7 Å². The number of nitrogens with one attached hydrogen (secondary N) is 2. The zero-order valence-electron chi connectivity index (χ0n) is 16.8. The number of hydrogen-bond donors (Lipinski definition) is 2. The first kappa shape index (κ1) is 20.5. The van der Waals surface area contributed by atoms with Gasteiger partial charge in [-0.05, 0) is 41.5 Å². The van der Waals surface area contributed by atoms with Crippen LogP contribution in [0.1, 0.15) is 12.5 Å². The van der Waals surface area contributed by atoms with Crippen molar-refractivity contribution in [3.63, 3.8) is 0 Å². The number of amides is 3. The first-order valence-electron chi connectivity index (χ1n) is 9.72. The summed E-state index contributed by atoms with van der Waals surface area (Å²) in [5, 5.41) is 17.8. The van der Waals surface area contributed by atoms with Gasteiger partial charge in [0.2, 0.25) is 6.79 Å². The molecule has 3 aromatic rings. The number of nitrogens with zero attached hydrogens (tertiary/aromatic N) is 2. The Hall–Kier alpha value is -3.77. The van der Waals surface area contributed by atoms with E-state index in [2.05, 4.69) is 10.6 Å². The quantitative estimate of drug-likeness (QED) is 0.453. The third kappa shape index (κ3) is 4.39. The van der Waals surface area contributed by atoms with Crippen molar-refractivity contribution in [2.75, 3.05) is 18.7 Å². The summed E-state index contributed by atoms with van der Waals surface area (Å²) in [6, 6.07) is 11.5. The van der Waals surface area contributed by atoms with E-state index >= 15 is 0 Å². The van der Waals surface area contributed by atoms with Crippen molar-refractivity contribution in [3.05, 3.63) is 53.4 Å². The molecule has 0 radical (unpaired) electrons. The third-order valence-electron chi connectivity index (χ3n) is 4.92. The van der Waals surface area contributed by atoms with Gasteiger partial charge in [0.1, 0.15) is 6.04 Å². The van der Waals surface area contributed by atoms with Crippen molar-refractivity contribution >= 4 is 39.0 Å². The Kier molecular flexibility index (Phi) is 5.91. The minimum Gasteiger partial charge on any atom is -0.454 e. The molecule has 0 fully saturated rings. The highest BCUT2D eigenvalue weighted by atomic mass is 32.1. The summed E-state index contributed by atoms with van der Waals surface area (Å²) >= 11 is 1.58. The second-order valence-corrected chi connectivity index (χ2v) is 7.77. The molecule has 158 valence electrons. The van der Waals surface area contributed by atoms with Gasteiger partial charge in [0, 0.05) is 29.4 Å². The predicted octanol–water partition coefficient (Wildman–Crippen LogP) is 3.69. The Morgan fingerprint density at radius 2 is 2.03 bits per heavy atom. The number of anilines is 1. The number of fused-ring (bicyclic) bond motifs is 2. The maximum atomic E-state index is 12.9. The van der Waals surface area contributed by atoms with Crippen LogP contribution in [0.3, 0.4) is 0 Å². The average Bonchev–Trinajstić information content (AvgIpc) is 3.41. The lowest BCUT2D eigenvalue weighted by Crippen LogP contribution is -2.49. The molecule has 1 unspecified atom stereocenters. The molecule has 4 rings (SSSR count). The summed E-state index contributed by atoms with van der Waals surface area (Å²) in [6.45, 7) is 2.07. The van der Waals surface area contributed by atoms with Crippen LogP contribution in [0.15, 0.2) is 47.8 Å². The molecule has 1 aromatic heterocycles. The lowest BCUT2D eigenvalue weighted by molar-refractivity contribution is -0.129. The Labute approximate surface area is 183 Å². The van der Waals surface area contributed by atoms with E-state index in [-0.39, 0.29) is 19.8 Å². The molecule has 8 nitrogen and oxygen atoms in total. The number of benzene rings is 2. The number of hydrogen-bond acceptors (Lipinski definition) is 6. The molecule has 1 atom stereocenters. The van der Waals surface area contributed by atoms with Crippen LogP contribution in [0, 0.1) is 11.5 Å². The summed E-state index contributed by atoms with van der Waals surface area (Å²) in [6.07, 6.45) is 2.16. The fraction of sp³-hybridized carbons (Fsp3) is 0.227. The summed E-state index contributed by atoms with van der Waals surface area (Å²) in [5.74, 6) is 0.689. The van der Waals surface area contributed by atoms with Gasteiger partial charge in [-0.15, -0.1) is 11.3 Å². The van der Waals surface area contributed by atoms with Crippen LogP contribution in [-0.4, -0.2) is 36.2 Å². The number of carbonyl (C=O) groups excluding carboxylic acids is 2. The van der Waals surface area contributed by atoms with Crippen molar-refractivity contribution in [3.8, 4) is 17.7 Å². The second kappa shape index (κ2) is 8.93. The molecular weight excluding hydrogens is 416 g/mol. The molecule has 3 amide bonds. The molecule has 2 N–H and O–H groups in total. The summed E-state index contributed by atoms with van der Waals surface area (Å²) in [4.78, 5) is 26.7. The molecule has 31 heavy (non-hydrogen) atoms. The minimum atomic E-state index is -0.897. The Bertz CT molecular complexity index is 1170. The molecular formula is C22H20N4O4S. The molecule has 0 spiro atoms. The van der Waals surface area contributed by atoms with Gasteiger partial charge in [-0.3, -0.25) is 4.79 Å². The number of rotatable bonds is 6. The maximum absolute atomic E-state index is 12.9. The van der Waals surface area contributed by atoms with E-state index in [0.717, 1.165) is 20.5 Å².